The summed E-state index contributed by atoms with van der Waals surface area (Å²) in [5, 5.41) is 6.31. The number of hydrogen-bond donors (Lipinski definition) is 2. The van der Waals surface area contributed by atoms with Crippen LogP contribution in [0.1, 0.15) is 19.4 Å². The first-order valence-electron chi connectivity index (χ1n) is 10.8. The SMILES string of the molecule is CC(C)Nc1ncc(-c2ccc(NC(=O)Cc3ccccc3Cl)cc2S(=O)(=O)/N=C/N(C)C)cn1. The molecule has 0 spiro atoms. The summed E-state index contributed by atoms with van der Waals surface area (Å²) in [7, 11) is -0.770. The molecule has 0 saturated carbocycles. The summed E-state index contributed by atoms with van der Waals surface area (Å²) in [6.07, 6.45) is 4.32. The number of rotatable bonds is 9. The van der Waals surface area contributed by atoms with Crippen molar-refractivity contribution in [2.45, 2.75) is 31.2 Å². The molecule has 0 aliphatic carbocycles. The summed E-state index contributed by atoms with van der Waals surface area (Å²) < 4.78 is 30.0. The van der Waals surface area contributed by atoms with Gasteiger partial charge in [0.05, 0.1) is 11.3 Å². The van der Waals surface area contributed by atoms with E-state index in [0.717, 1.165) is 0 Å². The van der Waals surface area contributed by atoms with Crippen molar-refractivity contribution in [1.29, 1.82) is 0 Å². The Balaban J connectivity index is 1.97. The Morgan fingerprint density at radius 1 is 1.14 bits per heavy atom. The van der Waals surface area contributed by atoms with E-state index >= 15 is 0 Å². The molecule has 1 heterocycles. The fraction of sp³-hybridized carbons (Fsp3) is 0.250. The van der Waals surface area contributed by atoms with E-state index in [0.29, 0.717) is 33.3 Å². The van der Waals surface area contributed by atoms with Crippen molar-refractivity contribution < 1.29 is 13.2 Å². The van der Waals surface area contributed by atoms with Crippen molar-refractivity contribution in [2.24, 2.45) is 4.40 Å². The molecule has 9 nitrogen and oxygen atoms in total. The highest BCUT2D eigenvalue weighted by molar-refractivity contribution is 7.90. The van der Waals surface area contributed by atoms with Crippen molar-refractivity contribution in [3.05, 3.63) is 65.4 Å². The summed E-state index contributed by atoms with van der Waals surface area (Å²) in [4.78, 5) is 22.6. The molecule has 11 heteroatoms. The first-order valence-corrected chi connectivity index (χ1v) is 12.6. The number of hydrogen-bond acceptors (Lipinski definition) is 6. The lowest BCUT2D eigenvalue weighted by Gasteiger charge is -2.13. The third-order valence-corrected chi connectivity index (χ3v) is 6.28. The van der Waals surface area contributed by atoms with E-state index < -0.39 is 10.0 Å². The maximum absolute atomic E-state index is 13.1. The first kappa shape index (κ1) is 26.1. The number of amides is 1. The summed E-state index contributed by atoms with van der Waals surface area (Å²) in [5.41, 5.74) is 1.83. The minimum atomic E-state index is -4.10. The average Bonchev–Trinajstić information content (AvgIpc) is 2.79. The number of carbonyl (C=O) groups excluding carboxylic acids is 1. The highest BCUT2D eigenvalue weighted by atomic mass is 35.5. The summed E-state index contributed by atoms with van der Waals surface area (Å²) in [6, 6.07) is 11.8. The van der Waals surface area contributed by atoms with E-state index in [1.54, 1.807) is 50.5 Å². The highest BCUT2D eigenvalue weighted by Crippen LogP contribution is 2.31. The summed E-state index contributed by atoms with van der Waals surface area (Å²) >= 11 is 6.15. The van der Waals surface area contributed by atoms with Crippen LogP contribution < -0.4 is 10.6 Å². The molecule has 0 saturated heterocycles. The molecule has 1 aromatic heterocycles. The van der Waals surface area contributed by atoms with E-state index in [4.69, 9.17) is 11.6 Å². The number of benzene rings is 2. The molecule has 35 heavy (non-hydrogen) atoms. The standard InChI is InChI=1S/C24H27ClN6O3S/c1-16(2)29-24-26-13-18(14-27-24)20-10-9-19(12-22(20)35(33,34)28-15-31(3)4)30-23(32)11-17-7-5-6-8-21(17)25/h5-10,12-16H,11H2,1-4H3,(H,30,32)(H,26,27,29)/b28-15+. The van der Waals surface area contributed by atoms with Crippen LogP contribution in [0.2, 0.25) is 5.02 Å². The molecule has 1 amide bonds. The fourth-order valence-electron chi connectivity index (χ4n) is 3.08. The molecule has 0 aliphatic rings. The third-order valence-electron chi connectivity index (χ3n) is 4.65. The van der Waals surface area contributed by atoms with Gasteiger partial charge in [0.25, 0.3) is 10.0 Å². The van der Waals surface area contributed by atoms with Gasteiger partial charge in [-0.05, 0) is 37.6 Å². The summed E-state index contributed by atoms with van der Waals surface area (Å²) in [6.45, 7) is 3.92. The lowest BCUT2D eigenvalue weighted by Crippen LogP contribution is -2.15. The molecule has 2 N–H and O–H groups in total. The lowest BCUT2D eigenvalue weighted by molar-refractivity contribution is -0.115. The molecular formula is C24H27ClN6O3S. The van der Waals surface area contributed by atoms with Gasteiger partial charge in [-0.1, -0.05) is 35.9 Å². The van der Waals surface area contributed by atoms with Gasteiger partial charge in [-0.15, -0.1) is 4.40 Å². The smallest absolute Gasteiger partial charge is 0.284 e. The molecule has 0 unspecified atom stereocenters. The molecule has 184 valence electrons. The van der Waals surface area contributed by atoms with Crippen LogP contribution in [0.5, 0.6) is 0 Å². The van der Waals surface area contributed by atoms with E-state index in [9.17, 15) is 13.2 Å². The van der Waals surface area contributed by atoms with Crippen molar-refractivity contribution in [3.8, 4) is 11.1 Å². The molecular weight excluding hydrogens is 488 g/mol. The van der Waals surface area contributed by atoms with Gasteiger partial charge >= 0.3 is 0 Å². The van der Waals surface area contributed by atoms with Crippen LogP contribution in [0, 0.1) is 0 Å². The molecule has 0 aliphatic heterocycles. The zero-order valence-corrected chi connectivity index (χ0v) is 21.4. The van der Waals surface area contributed by atoms with E-state index in [1.807, 2.05) is 13.8 Å². The molecule has 2 aromatic carbocycles. The minimum Gasteiger partial charge on any atom is -0.368 e. The van der Waals surface area contributed by atoms with Crippen LogP contribution in [0.3, 0.4) is 0 Å². The van der Waals surface area contributed by atoms with Crippen LogP contribution in [-0.2, 0) is 21.2 Å². The van der Waals surface area contributed by atoms with Gasteiger partial charge < -0.3 is 15.5 Å². The van der Waals surface area contributed by atoms with Crippen LogP contribution in [0.15, 0.2) is 64.2 Å². The Morgan fingerprint density at radius 2 is 1.83 bits per heavy atom. The van der Waals surface area contributed by atoms with Crippen LogP contribution >= 0.6 is 11.6 Å². The van der Waals surface area contributed by atoms with Crippen molar-refractivity contribution in [2.75, 3.05) is 24.7 Å². The second-order valence-electron chi connectivity index (χ2n) is 8.28. The molecule has 0 atom stereocenters. The second-order valence-corrected chi connectivity index (χ2v) is 10.3. The molecule has 0 fully saturated rings. The number of halogens is 1. The number of nitrogens with zero attached hydrogens (tertiary/aromatic N) is 4. The van der Waals surface area contributed by atoms with Crippen molar-refractivity contribution in [1.82, 2.24) is 14.9 Å². The Hall–Kier alpha value is -3.50. The topological polar surface area (TPSA) is 117 Å². The van der Waals surface area contributed by atoms with Gasteiger partial charge in [0.2, 0.25) is 11.9 Å². The number of anilines is 2. The predicted octanol–water partition coefficient (Wildman–Crippen LogP) is 4.08. The van der Waals surface area contributed by atoms with Crippen molar-refractivity contribution >= 4 is 45.5 Å². The van der Waals surface area contributed by atoms with Gasteiger partial charge in [0.15, 0.2) is 0 Å². The van der Waals surface area contributed by atoms with Gasteiger partial charge in [-0.2, -0.15) is 8.42 Å². The van der Waals surface area contributed by atoms with E-state index in [2.05, 4.69) is 25.0 Å². The van der Waals surface area contributed by atoms with Gasteiger partial charge in [0, 0.05) is 54.4 Å². The van der Waals surface area contributed by atoms with Gasteiger partial charge in [-0.25, -0.2) is 9.97 Å². The van der Waals surface area contributed by atoms with Crippen LogP contribution in [-0.4, -0.2) is 55.7 Å². The van der Waals surface area contributed by atoms with Gasteiger partial charge in [0.1, 0.15) is 6.34 Å². The molecule has 3 aromatic rings. The zero-order chi connectivity index (χ0) is 25.6. The van der Waals surface area contributed by atoms with E-state index in [1.165, 1.54) is 29.7 Å². The Kier molecular flexibility index (Phi) is 8.42. The Morgan fingerprint density at radius 3 is 2.46 bits per heavy atom. The number of sulfonamides is 1. The average molecular weight is 515 g/mol. The lowest BCUT2D eigenvalue weighted by atomic mass is 10.1. The number of nitrogens with one attached hydrogen (secondary N) is 2. The normalized spacial score (nSPS) is 11.6. The van der Waals surface area contributed by atoms with E-state index in [-0.39, 0.29) is 23.3 Å². The maximum Gasteiger partial charge on any atom is 0.284 e. The molecule has 0 bridgehead atoms. The molecule has 0 radical (unpaired) electrons. The fourth-order valence-corrected chi connectivity index (χ4v) is 4.45. The Bertz CT molecular complexity index is 1330. The van der Waals surface area contributed by atoms with Crippen molar-refractivity contribution in [3.63, 3.8) is 0 Å². The Labute approximate surface area is 210 Å². The summed E-state index contributed by atoms with van der Waals surface area (Å²) in [5.74, 6) is 0.0979. The minimum absolute atomic E-state index is 0.0421. The molecule has 3 rings (SSSR count). The second kappa shape index (κ2) is 11.3. The quantitative estimate of drug-likeness (QED) is 0.326. The first-order chi connectivity index (χ1) is 16.5. The predicted molar refractivity (Wildman–Crippen MR) is 139 cm³/mol. The number of carbonyl (C=O) groups is 1. The number of aromatic nitrogens is 2. The zero-order valence-electron chi connectivity index (χ0n) is 19.9. The van der Waals surface area contributed by atoms with Gasteiger partial charge in [-0.3, -0.25) is 4.79 Å². The monoisotopic (exact) mass is 514 g/mol. The maximum atomic E-state index is 13.1. The van der Waals surface area contributed by atoms with Crippen LogP contribution in [0.25, 0.3) is 11.1 Å². The largest absolute Gasteiger partial charge is 0.368 e. The third kappa shape index (κ3) is 7.24. The van der Waals surface area contributed by atoms with Crippen LogP contribution in [0.4, 0.5) is 11.6 Å². The highest BCUT2D eigenvalue weighted by Gasteiger charge is 2.21.